The van der Waals surface area contributed by atoms with E-state index in [1.165, 1.54) is 6.07 Å². The van der Waals surface area contributed by atoms with Crippen LogP contribution in [0.1, 0.15) is 22.8 Å². The fourth-order valence-corrected chi connectivity index (χ4v) is 2.90. The van der Waals surface area contributed by atoms with Crippen molar-refractivity contribution < 1.29 is 13.6 Å². The zero-order chi connectivity index (χ0) is 21.0. The number of nitrogens with zero attached hydrogens (tertiary/aromatic N) is 4. The topological polar surface area (TPSA) is 84.7 Å². The molecule has 0 bridgehead atoms. The van der Waals surface area contributed by atoms with E-state index in [9.17, 15) is 13.6 Å². The van der Waals surface area contributed by atoms with E-state index >= 15 is 0 Å². The van der Waals surface area contributed by atoms with Crippen LogP contribution in [0.3, 0.4) is 0 Å². The van der Waals surface area contributed by atoms with Crippen molar-refractivity contribution in [1.82, 2.24) is 25.1 Å². The zero-order valence-electron chi connectivity index (χ0n) is 16.5. The van der Waals surface area contributed by atoms with E-state index in [1.807, 2.05) is 19.9 Å². The molecule has 0 saturated heterocycles. The minimum atomic E-state index is -0.730. The molecule has 2 heterocycles. The van der Waals surface area contributed by atoms with Crippen LogP contribution >= 0.6 is 0 Å². The van der Waals surface area contributed by atoms with Crippen molar-refractivity contribution in [1.29, 1.82) is 0 Å². The van der Waals surface area contributed by atoms with Crippen molar-refractivity contribution in [3.05, 3.63) is 64.7 Å². The maximum absolute atomic E-state index is 13.6. The minimum absolute atomic E-state index is 0.151. The molecule has 0 aliphatic carbocycles. The highest BCUT2D eigenvalue weighted by atomic mass is 19.1. The first-order valence-corrected chi connectivity index (χ1v) is 9.15. The van der Waals surface area contributed by atoms with Gasteiger partial charge in [0.15, 0.2) is 5.82 Å². The van der Waals surface area contributed by atoms with Crippen LogP contribution in [-0.2, 0) is 11.2 Å². The summed E-state index contributed by atoms with van der Waals surface area (Å²) in [6, 6.07) is 6.91. The molecule has 0 radical (unpaired) electrons. The largest absolute Gasteiger partial charge is 0.368 e. The summed E-state index contributed by atoms with van der Waals surface area (Å²) in [5.41, 5.74) is 2.01. The van der Waals surface area contributed by atoms with Crippen LogP contribution in [0, 0.1) is 32.4 Å². The summed E-state index contributed by atoms with van der Waals surface area (Å²) < 4.78 is 28.3. The van der Waals surface area contributed by atoms with Gasteiger partial charge in [-0.2, -0.15) is 5.10 Å². The van der Waals surface area contributed by atoms with Crippen molar-refractivity contribution in [3.63, 3.8) is 0 Å². The lowest BCUT2D eigenvalue weighted by molar-refractivity contribution is -0.120. The molecule has 0 unspecified atom stereocenters. The monoisotopic (exact) mass is 400 g/mol. The lowest BCUT2D eigenvalue weighted by Gasteiger charge is -2.10. The number of carbonyl (C=O) groups excluding carboxylic acids is 1. The Labute approximate surface area is 167 Å². The molecule has 7 nitrogen and oxygen atoms in total. The van der Waals surface area contributed by atoms with Gasteiger partial charge in [0.1, 0.15) is 23.3 Å². The second kappa shape index (κ2) is 8.76. The van der Waals surface area contributed by atoms with Crippen LogP contribution in [0.4, 0.5) is 14.6 Å². The standard InChI is InChI=1S/C20H22F2N6O/c1-12-8-13(2)28(27-12)19-11-18(25-14(3)26-19)23-6-7-24-20(29)9-15-4-5-16(21)10-17(15)22/h4-5,8,10-11H,6-7,9H2,1-3H3,(H,24,29)(H,23,25,26). The lowest BCUT2D eigenvalue weighted by Crippen LogP contribution is -2.30. The Morgan fingerprint density at radius 2 is 1.86 bits per heavy atom. The van der Waals surface area contributed by atoms with Crippen molar-refractivity contribution in [2.45, 2.75) is 27.2 Å². The summed E-state index contributed by atoms with van der Waals surface area (Å²) in [7, 11) is 0. The molecule has 29 heavy (non-hydrogen) atoms. The van der Waals surface area contributed by atoms with E-state index < -0.39 is 11.6 Å². The molecule has 3 aromatic rings. The van der Waals surface area contributed by atoms with Gasteiger partial charge in [0.2, 0.25) is 5.91 Å². The quantitative estimate of drug-likeness (QED) is 0.596. The number of rotatable bonds is 7. The number of carbonyl (C=O) groups is 1. The van der Waals surface area contributed by atoms with Crippen molar-refractivity contribution in [2.24, 2.45) is 0 Å². The van der Waals surface area contributed by atoms with Gasteiger partial charge in [-0.05, 0) is 38.5 Å². The van der Waals surface area contributed by atoms with Gasteiger partial charge in [-0.1, -0.05) is 6.07 Å². The third-order valence-corrected chi connectivity index (χ3v) is 4.17. The predicted molar refractivity (Wildman–Crippen MR) is 105 cm³/mol. The second-order valence-corrected chi connectivity index (χ2v) is 6.69. The Bertz CT molecular complexity index is 1030. The van der Waals surface area contributed by atoms with E-state index in [4.69, 9.17) is 0 Å². The van der Waals surface area contributed by atoms with Crippen LogP contribution in [0.2, 0.25) is 0 Å². The number of anilines is 1. The SMILES string of the molecule is Cc1cc(C)n(-c2cc(NCCNC(=O)Cc3ccc(F)cc3F)nc(C)n2)n1. The van der Waals surface area contributed by atoms with Crippen molar-refractivity contribution in [3.8, 4) is 5.82 Å². The smallest absolute Gasteiger partial charge is 0.224 e. The summed E-state index contributed by atoms with van der Waals surface area (Å²) in [5.74, 6) is 0.107. The molecule has 0 spiro atoms. The normalized spacial score (nSPS) is 10.8. The van der Waals surface area contributed by atoms with Gasteiger partial charge in [0.05, 0.1) is 12.1 Å². The summed E-state index contributed by atoms with van der Waals surface area (Å²) in [5, 5.41) is 10.2. The molecule has 0 fully saturated rings. The molecular formula is C20H22F2N6O. The lowest BCUT2D eigenvalue weighted by atomic mass is 10.1. The van der Waals surface area contributed by atoms with E-state index in [-0.39, 0.29) is 17.9 Å². The summed E-state index contributed by atoms with van der Waals surface area (Å²) in [4.78, 5) is 20.7. The average Bonchev–Trinajstić information content (AvgIpc) is 2.99. The molecular weight excluding hydrogens is 378 g/mol. The Kier molecular flexibility index (Phi) is 6.16. The molecule has 0 aliphatic heterocycles. The fourth-order valence-electron chi connectivity index (χ4n) is 2.90. The van der Waals surface area contributed by atoms with Crippen molar-refractivity contribution in [2.75, 3.05) is 18.4 Å². The van der Waals surface area contributed by atoms with Gasteiger partial charge in [-0.15, -0.1) is 0 Å². The molecule has 0 atom stereocenters. The van der Waals surface area contributed by atoms with Crippen LogP contribution in [0.5, 0.6) is 0 Å². The first-order valence-electron chi connectivity index (χ1n) is 9.15. The molecule has 1 aromatic carbocycles. The Morgan fingerprint density at radius 3 is 2.55 bits per heavy atom. The second-order valence-electron chi connectivity index (χ2n) is 6.69. The molecule has 0 aliphatic rings. The molecule has 152 valence electrons. The summed E-state index contributed by atoms with van der Waals surface area (Å²) >= 11 is 0. The zero-order valence-corrected chi connectivity index (χ0v) is 16.5. The van der Waals surface area contributed by atoms with Crippen LogP contribution in [0.15, 0.2) is 30.3 Å². The van der Waals surface area contributed by atoms with Crippen molar-refractivity contribution >= 4 is 11.7 Å². The first kappa shape index (κ1) is 20.4. The number of benzene rings is 1. The third-order valence-electron chi connectivity index (χ3n) is 4.17. The number of hydrogen-bond acceptors (Lipinski definition) is 5. The number of halogens is 2. The maximum Gasteiger partial charge on any atom is 0.224 e. The number of hydrogen-bond donors (Lipinski definition) is 2. The third kappa shape index (κ3) is 5.34. The Morgan fingerprint density at radius 1 is 1.07 bits per heavy atom. The van der Waals surface area contributed by atoms with Gasteiger partial charge in [-0.3, -0.25) is 4.79 Å². The number of aromatic nitrogens is 4. The minimum Gasteiger partial charge on any atom is -0.368 e. The number of nitrogens with one attached hydrogen (secondary N) is 2. The highest BCUT2D eigenvalue weighted by Crippen LogP contribution is 2.14. The summed E-state index contributed by atoms with van der Waals surface area (Å²) in [6.45, 7) is 6.39. The number of amides is 1. The summed E-state index contributed by atoms with van der Waals surface area (Å²) in [6.07, 6.45) is -0.152. The molecule has 2 aromatic heterocycles. The van der Waals surface area contributed by atoms with Gasteiger partial charge < -0.3 is 10.6 Å². The average molecular weight is 400 g/mol. The highest BCUT2D eigenvalue weighted by molar-refractivity contribution is 5.78. The van der Waals surface area contributed by atoms with E-state index in [0.29, 0.717) is 30.5 Å². The molecule has 0 saturated carbocycles. The van der Waals surface area contributed by atoms with Crippen LogP contribution in [0.25, 0.3) is 5.82 Å². The molecule has 3 rings (SSSR count). The van der Waals surface area contributed by atoms with Gasteiger partial charge >= 0.3 is 0 Å². The van der Waals surface area contributed by atoms with E-state index in [1.54, 1.807) is 17.7 Å². The molecule has 9 heteroatoms. The molecule has 2 N–H and O–H groups in total. The Hall–Kier alpha value is -3.36. The van der Waals surface area contributed by atoms with Crippen LogP contribution in [-0.4, -0.2) is 38.7 Å². The predicted octanol–water partition coefficient (Wildman–Crippen LogP) is 2.64. The fraction of sp³-hybridized carbons (Fsp3) is 0.300. The van der Waals surface area contributed by atoms with Gasteiger partial charge in [0, 0.05) is 30.9 Å². The molecule has 1 amide bonds. The van der Waals surface area contributed by atoms with E-state index in [2.05, 4.69) is 25.7 Å². The highest BCUT2D eigenvalue weighted by Gasteiger charge is 2.10. The first-order chi connectivity index (χ1) is 13.8. The maximum atomic E-state index is 13.6. The van der Waals surface area contributed by atoms with E-state index in [0.717, 1.165) is 23.5 Å². The van der Waals surface area contributed by atoms with Gasteiger partial charge in [-0.25, -0.2) is 23.4 Å². The van der Waals surface area contributed by atoms with Crippen LogP contribution < -0.4 is 10.6 Å². The van der Waals surface area contributed by atoms with Gasteiger partial charge in [0.25, 0.3) is 0 Å². The number of aryl methyl sites for hydroxylation is 3. The Balaban J connectivity index is 1.54.